The van der Waals surface area contributed by atoms with E-state index < -0.39 is 6.10 Å². The summed E-state index contributed by atoms with van der Waals surface area (Å²) in [6.07, 6.45) is 0.822. The van der Waals surface area contributed by atoms with Crippen molar-refractivity contribution in [3.05, 3.63) is 11.7 Å². The van der Waals surface area contributed by atoms with Gasteiger partial charge in [0.15, 0.2) is 5.82 Å². The number of hydrogen-bond acceptors (Lipinski definition) is 5. The molecule has 0 saturated carbocycles. The van der Waals surface area contributed by atoms with Crippen LogP contribution in [0.2, 0.25) is 0 Å². The molecule has 1 amide bonds. The lowest BCUT2D eigenvalue weighted by Gasteiger charge is -2.11. The smallest absolute Gasteiger partial charge is 0.316 e. The van der Waals surface area contributed by atoms with Gasteiger partial charge in [0.05, 0.1) is 6.10 Å². The van der Waals surface area contributed by atoms with Gasteiger partial charge < -0.3 is 14.5 Å². The molecule has 1 aliphatic rings. The van der Waals surface area contributed by atoms with E-state index in [0.29, 0.717) is 31.8 Å². The summed E-state index contributed by atoms with van der Waals surface area (Å²) in [5.74, 6) is 0.248. The third kappa shape index (κ3) is 1.99. The maximum absolute atomic E-state index is 11.7. The number of carbonyl (C=O) groups excluding carboxylic acids is 1. The number of carbonyl (C=O) groups is 1. The van der Waals surface area contributed by atoms with E-state index >= 15 is 0 Å². The number of nitrogens with zero attached hydrogens (tertiary/aromatic N) is 3. The molecular weight excluding hydrogens is 198 g/mol. The first kappa shape index (κ1) is 10.1. The van der Waals surface area contributed by atoms with Gasteiger partial charge in [-0.3, -0.25) is 4.79 Å². The van der Waals surface area contributed by atoms with E-state index in [1.807, 2.05) is 6.92 Å². The molecule has 0 aromatic carbocycles. The van der Waals surface area contributed by atoms with Gasteiger partial charge in [0, 0.05) is 19.5 Å². The molecule has 1 fully saturated rings. The average Bonchev–Trinajstić information content (AvgIpc) is 2.84. The maximum Gasteiger partial charge on any atom is 0.316 e. The number of β-amino-alcohol motifs (C(OH)–C–C–N with tert-alkyl or cyclic N) is 1. The Balaban J connectivity index is 2.07. The molecule has 0 unspecified atom stereocenters. The average molecular weight is 211 g/mol. The molecule has 6 heteroatoms. The van der Waals surface area contributed by atoms with Crippen LogP contribution in [-0.2, 0) is 6.42 Å². The molecule has 15 heavy (non-hydrogen) atoms. The van der Waals surface area contributed by atoms with Gasteiger partial charge in [-0.05, 0) is 6.42 Å². The van der Waals surface area contributed by atoms with Crippen molar-refractivity contribution in [1.82, 2.24) is 15.0 Å². The SMILES string of the molecule is CCc1noc(C(=O)N2CC[C@@H](O)C2)n1. The van der Waals surface area contributed by atoms with Crippen molar-refractivity contribution in [2.24, 2.45) is 0 Å². The van der Waals surface area contributed by atoms with Crippen LogP contribution >= 0.6 is 0 Å². The zero-order chi connectivity index (χ0) is 10.8. The standard InChI is InChI=1S/C9H13N3O3/c1-2-7-10-8(15-11-7)9(14)12-4-3-6(13)5-12/h6,13H,2-5H2,1H3/t6-/m1/s1. The fraction of sp³-hybridized carbons (Fsp3) is 0.667. The van der Waals surface area contributed by atoms with Crippen LogP contribution in [0.3, 0.4) is 0 Å². The van der Waals surface area contributed by atoms with Gasteiger partial charge >= 0.3 is 11.8 Å². The van der Waals surface area contributed by atoms with Crippen molar-refractivity contribution in [1.29, 1.82) is 0 Å². The van der Waals surface area contributed by atoms with Crippen LogP contribution in [-0.4, -0.2) is 45.2 Å². The Morgan fingerprint density at radius 3 is 3.07 bits per heavy atom. The Morgan fingerprint density at radius 1 is 1.73 bits per heavy atom. The topological polar surface area (TPSA) is 79.5 Å². The van der Waals surface area contributed by atoms with Crippen LogP contribution < -0.4 is 0 Å². The van der Waals surface area contributed by atoms with Gasteiger partial charge in [-0.2, -0.15) is 4.98 Å². The first-order valence-electron chi connectivity index (χ1n) is 5.00. The summed E-state index contributed by atoms with van der Waals surface area (Å²) in [6.45, 7) is 2.78. The first-order valence-corrected chi connectivity index (χ1v) is 5.00. The Morgan fingerprint density at radius 2 is 2.53 bits per heavy atom. The molecule has 1 aromatic heterocycles. The Labute approximate surface area is 86.9 Å². The van der Waals surface area contributed by atoms with Gasteiger partial charge in [-0.25, -0.2) is 0 Å². The predicted octanol–water partition coefficient (Wildman–Crippen LogP) is -0.161. The number of amides is 1. The molecule has 2 rings (SSSR count). The number of likely N-dealkylation sites (tertiary alicyclic amines) is 1. The second kappa shape index (κ2) is 3.98. The lowest BCUT2D eigenvalue weighted by atomic mass is 10.3. The minimum atomic E-state index is -0.428. The number of aliphatic hydroxyl groups excluding tert-OH is 1. The van der Waals surface area contributed by atoms with Crippen molar-refractivity contribution in [2.75, 3.05) is 13.1 Å². The predicted molar refractivity (Wildman–Crippen MR) is 50.2 cm³/mol. The lowest BCUT2D eigenvalue weighted by molar-refractivity contribution is 0.0716. The molecule has 1 saturated heterocycles. The maximum atomic E-state index is 11.7. The Bertz CT molecular complexity index is 363. The first-order chi connectivity index (χ1) is 7.20. The van der Waals surface area contributed by atoms with Crippen molar-refractivity contribution < 1.29 is 14.4 Å². The van der Waals surface area contributed by atoms with E-state index in [1.165, 1.54) is 4.90 Å². The highest BCUT2D eigenvalue weighted by Crippen LogP contribution is 2.12. The van der Waals surface area contributed by atoms with Crippen LogP contribution in [0.1, 0.15) is 29.9 Å². The Kier molecular flexibility index (Phi) is 2.68. The fourth-order valence-electron chi connectivity index (χ4n) is 1.55. The third-order valence-corrected chi connectivity index (χ3v) is 2.42. The van der Waals surface area contributed by atoms with E-state index in [2.05, 4.69) is 10.1 Å². The zero-order valence-electron chi connectivity index (χ0n) is 8.51. The number of aryl methyl sites for hydroxylation is 1. The highest BCUT2D eigenvalue weighted by Gasteiger charge is 2.28. The van der Waals surface area contributed by atoms with Gasteiger partial charge in [0.1, 0.15) is 0 Å². The molecule has 1 aliphatic heterocycles. The summed E-state index contributed by atoms with van der Waals surface area (Å²) in [7, 11) is 0. The molecule has 1 atom stereocenters. The third-order valence-electron chi connectivity index (χ3n) is 2.42. The van der Waals surface area contributed by atoms with E-state index in [9.17, 15) is 9.90 Å². The summed E-state index contributed by atoms with van der Waals surface area (Å²) in [4.78, 5) is 17.2. The van der Waals surface area contributed by atoms with Crippen LogP contribution in [0, 0.1) is 0 Å². The monoisotopic (exact) mass is 211 g/mol. The highest BCUT2D eigenvalue weighted by atomic mass is 16.5. The molecular formula is C9H13N3O3. The van der Waals surface area contributed by atoms with Crippen molar-refractivity contribution in [2.45, 2.75) is 25.9 Å². The van der Waals surface area contributed by atoms with E-state index in [-0.39, 0.29) is 11.8 Å². The molecule has 0 spiro atoms. The Hall–Kier alpha value is -1.43. The summed E-state index contributed by atoms with van der Waals surface area (Å²) in [5.41, 5.74) is 0. The number of aliphatic hydroxyl groups is 1. The normalized spacial score (nSPS) is 20.9. The van der Waals surface area contributed by atoms with Gasteiger partial charge in [0.25, 0.3) is 0 Å². The number of rotatable bonds is 2. The summed E-state index contributed by atoms with van der Waals surface area (Å²) < 4.78 is 4.83. The second-order valence-corrected chi connectivity index (χ2v) is 3.56. The van der Waals surface area contributed by atoms with E-state index in [0.717, 1.165) is 0 Å². The number of hydrogen-bond donors (Lipinski definition) is 1. The zero-order valence-corrected chi connectivity index (χ0v) is 8.51. The molecule has 2 heterocycles. The van der Waals surface area contributed by atoms with Crippen LogP contribution in [0.5, 0.6) is 0 Å². The van der Waals surface area contributed by atoms with E-state index in [1.54, 1.807) is 0 Å². The molecule has 0 radical (unpaired) electrons. The van der Waals surface area contributed by atoms with Crippen molar-refractivity contribution >= 4 is 5.91 Å². The molecule has 0 bridgehead atoms. The van der Waals surface area contributed by atoms with Crippen LogP contribution in [0.15, 0.2) is 4.52 Å². The van der Waals surface area contributed by atoms with Gasteiger partial charge in [0.2, 0.25) is 0 Å². The van der Waals surface area contributed by atoms with Crippen LogP contribution in [0.25, 0.3) is 0 Å². The van der Waals surface area contributed by atoms with Crippen molar-refractivity contribution in [3.8, 4) is 0 Å². The lowest BCUT2D eigenvalue weighted by Crippen LogP contribution is -2.29. The number of aromatic nitrogens is 2. The summed E-state index contributed by atoms with van der Waals surface area (Å²) >= 11 is 0. The largest absolute Gasteiger partial charge is 0.391 e. The van der Waals surface area contributed by atoms with Gasteiger partial charge in [-0.1, -0.05) is 12.1 Å². The minimum Gasteiger partial charge on any atom is -0.391 e. The summed E-state index contributed by atoms with van der Waals surface area (Å²) in [6, 6.07) is 0. The quantitative estimate of drug-likeness (QED) is 0.735. The molecule has 82 valence electrons. The molecule has 1 aromatic rings. The van der Waals surface area contributed by atoms with Gasteiger partial charge in [-0.15, -0.1) is 0 Å². The fourth-order valence-corrected chi connectivity index (χ4v) is 1.55. The van der Waals surface area contributed by atoms with E-state index in [4.69, 9.17) is 4.52 Å². The highest BCUT2D eigenvalue weighted by molar-refractivity contribution is 5.89. The van der Waals surface area contributed by atoms with Crippen molar-refractivity contribution in [3.63, 3.8) is 0 Å². The minimum absolute atomic E-state index is 0.0148. The second-order valence-electron chi connectivity index (χ2n) is 3.56. The summed E-state index contributed by atoms with van der Waals surface area (Å²) in [5, 5.41) is 12.9. The molecule has 6 nitrogen and oxygen atoms in total. The molecule has 0 aliphatic carbocycles. The van der Waals surface area contributed by atoms with Crippen LogP contribution in [0.4, 0.5) is 0 Å². The molecule has 1 N–H and O–H groups in total.